The molecule has 3 N–H and O–H groups in total. The first-order valence-corrected chi connectivity index (χ1v) is 10.3. The molecule has 14 heteroatoms. The third-order valence-corrected chi connectivity index (χ3v) is 5.09. The summed E-state index contributed by atoms with van der Waals surface area (Å²) in [6, 6.07) is 9.56. The molecule has 0 saturated carbocycles. The summed E-state index contributed by atoms with van der Waals surface area (Å²) < 4.78 is 0. The molecule has 0 aliphatic carbocycles. The lowest BCUT2D eigenvalue weighted by Gasteiger charge is -2.04. The van der Waals surface area contributed by atoms with E-state index in [1.165, 1.54) is 30.5 Å². The molecule has 0 bridgehead atoms. The number of carbonyl (C=O) groups excluding carboxylic acids is 2. The lowest BCUT2D eigenvalue weighted by Crippen LogP contribution is -2.19. The van der Waals surface area contributed by atoms with Crippen LogP contribution in [0.15, 0.2) is 47.6 Å². The maximum absolute atomic E-state index is 12.0. The van der Waals surface area contributed by atoms with Crippen LogP contribution in [0.2, 0.25) is 10.0 Å². The fraction of sp³-hybridized carbons (Fsp3) is 0.0556. The molecule has 1 heterocycles. The molecular weight excluding hydrogens is 481 g/mol. The van der Waals surface area contributed by atoms with Crippen LogP contribution in [0, 0.1) is 10.1 Å². The SMILES string of the molecule is O=C(Cc1nnc(NC(=O)Nc2ccc([N+](=O)[O-])cc2)s1)N/N=C\c1ccc(Cl)cc1Cl. The van der Waals surface area contributed by atoms with Gasteiger partial charge in [0, 0.05) is 28.4 Å². The molecular formula is C18H13Cl2N7O4S. The lowest BCUT2D eigenvalue weighted by atomic mass is 10.2. The number of rotatable bonds is 7. The third kappa shape index (κ3) is 6.70. The fourth-order valence-corrected chi connectivity index (χ4v) is 3.45. The van der Waals surface area contributed by atoms with Gasteiger partial charge in [0.25, 0.3) is 5.69 Å². The standard InChI is InChI=1S/C18H13Cl2N7O4S/c19-11-2-1-10(14(20)7-11)9-21-24-15(28)8-16-25-26-18(32-16)23-17(29)22-12-3-5-13(6-4-12)27(30)31/h1-7,9H,8H2,(H,24,28)(H2,22,23,26,29)/b21-9-. The summed E-state index contributed by atoms with van der Waals surface area (Å²) in [5.41, 5.74) is 3.19. The minimum absolute atomic E-state index is 0.0939. The van der Waals surface area contributed by atoms with Gasteiger partial charge in [-0.1, -0.05) is 40.6 Å². The molecule has 1 aromatic heterocycles. The highest BCUT2D eigenvalue weighted by Crippen LogP contribution is 2.20. The van der Waals surface area contributed by atoms with Gasteiger partial charge in [-0.3, -0.25) is 20.2 Å². The number of hydrogen-bond donors (Lipinski definition) is 3. The molecule has 11 nitrogen and oxygen atoms in total. The second-order valence-electron chi connectivity index (χ2n) is 6.02. The Hall–Kier alpha value is -3.61. The number of hydrazone groups is 1. The molecule has 3 amide bonds. The van der Waals surface area contributed by atoms with Gasteiger partial charge in [0.05, 0.1) is 22.6 Å². The molecule has 3 rings (SSSR count). The second kappa shape index (κ2) is 10.6. The van der Waals surface area contributed by atoms with Crippen LogP contribution < -0.4 is 16.1 Å². The Balaban J connectivity index is 1.48. The van der Waals surface area contributed by atoms with E-state index in [4.69, 9.17) is 23.2 Å². The van der Waals surface area contributed by atoms with Crippen LogP contribution in [0.25, 0.3) is 0 Å². The zero-order chi connectivity index (χ0) is 23.1. The van der Waals surface area contributed by atoms with E-state index >= 15 is 0 Å². The number of urea groups is 1. The van der Waals surface area contributed by atoms with Crippen LogP contribution >= 0.6 is 34.5 Å². The Labute approximate surface area is 194 Å². The van der Waals surface area contributed by atoms with Crippen molar-refractivity contribution in [1.82, 2.24) is 15.6 Å². The molecule has 0 unspecified atom stereocenters. The van der Waals surface area contributed by atoms with Crippen LogP contribution in [-0.4, -0.2) is 33.3 Å². The lowest BCUT2D eigenvalue weighted by molar-refractivity contribution is -0.384. The van der Waals surface area contributed by atoms with E-state index in [0.717, 1.165) is 11.3 Å². The van der Waals surface area contributed by atoms with Crippen molar-refractivity contribution in [3.05, 3.63) is 73.2 Å². The number of nitrogens with one attached hydrogen (secondary N) is 3. The molecule has 3 aromatic rings. The van der Waals surface area contributed by atoms with Crippen LogP contribution in [0.5, 0.6) is 0 Å². The first-order valence-electron chi connectivity index (χ1n) is 8.72. The summed E-state index contributed by atoms with van der Waals surface area (Å²) in [5, 5.41) is 28.5. The Bertz CT molecular complexity index is 1180. The van der Waals surface area contributed by atoms with Crippen LogP contribution in [-0.2, 0) is 11.2 Å². The minimum atomic E-state index is -0.615. The van der Waals surface area contributed by atoms with Gasteiger partial charge in [-0.15, -0.1) is 10.2 Å². The topological polar surface area (TPSA) is 152 Å². The number of aromatic nitrogens is 2. The number of nitro benzene ring substituents is 1. The van der Waals surface area contributed by atoms with Crippen molar-refractivity contribution < 1.29 is 14.5 Å². The molecule has 0 saturated heterocycles. The van der Waals surface area contributed by atoms with Gasteiger partial charge in [-0.05, 0) is 24.3 Å². The highest BCUT2D eigenvalue weighted by Gasteiger charge is 2.12. The van der Waals surface area contributed by atoms with Crippen molar-refractivity contribution in [2.45, 2.75) is 6.42 Å². The van der Waals surface area contributed by atoms with Gasteiger partial charge in [0.15, 0.2) is 0 Å². The van der Waals surface area contributed by atoms with Crippen LogP contribution in [0.1, 0.15) is 10.6 Å². The van der Waals surface area contributed by atoms with E-state index in [2.05, 4.69) is 31.4 Å². The van der Waals surface area contributed by atoms with E-state index in [0.29, 0.717) is 26.3 Å². The molecule has 0 fully saturated rings. The number of nitro groups is 1. The largest absolute Gasteiger partial charge is 0.325 e. The van der Waals surface area contributed by atoms with Crippen molar-refractivity contribution >= 4 is 69.2 Å². The molecule has 0 spiro atoms. The van der Waals surface area contributed by atoms with Crippen LogP contribution in [0.3, 0.4) is 0 Å². The van der Waals surface area contributed by atoms with Gasteiger partial charge in [-0.2, -0.15) is 5.10 Å². The zero-order valence-electron chi connectivity index (χ0n) is 15.9. The van der Waals surface area contributed by atoms with Crippen molar-refractivity contribution in [2.75, 3.05) is 10.6 Å². The first-order chi connectivity index (χ1) is 15.3. The molecule has 2 aromatic carbocycles. The highest BCUT2D eigenvalue weighted by atomic mass is 35.5. The summed E-state index contributed by atoms with van der Waals surface area (Å²) in [7, 11) is 0. The molecule has 0 aliphatic rings. The summed E-state index contributed by atoms with van der Waals surface area (Å²) in [6.45, 7) is 0. The summed E-state index contributed by atoms with van der Waals surface area (Å²) in [6.07, 6.45) is 1.28. The molecule has 0 atom stereocenters. The predicted octanol–water partition coefficient (Wildman–Crippen LogP) is 4.09. The van der Waals surface area contributed by atoms with Crippen molar-refractivity contribution in [1.29, 1.82) is 0 Å². The average Bonchev–Trinajstić information content (AvgIpc) is 3.16. The van der Waals surface area contributed by atoms with Crippen molar-refractivity contribution in [3.8, 4) is 0 Å². The number of hydrogen-bond acceptors (Lipinski definition) is 8. The normalized spacial score (nSPS) is 10.7. The van der Waals surface area contributed by atoms with E-state index in [-0.39, 0.29) is 17.2 Å². The predicted molar refractivity (Wildman–Crippen MR) is 122 cm³/mol. The van der Waals surface area contributed by atoms with E-state index < -0.39 is 16.9 Å². The number of halogens is 2. The Morgan fingerprint density at radius 1 is 1.12 bits per heavy atom. The average molecular weight is 494 g/mol. The van der Waals surface area contributed by atoms with Crippen molar-refractivity contribution in [3.63, 3.8) is 0 Å². The first kappa shape index (κ1) is 23.1. The molecule has 0 aliphatic heterocycles. The van der Waals surface area contributed by atoms with E-state index in [9.17, 15) is 19.7 Å². The number of nitrogens with zero attached hydrogens (tertiary/aromatic N) is 4. The summed E-state index contributed by atoms with van der Waals surface area (Å²) in [4.78, 5) is 34.1. The van der Waals surface area contributed by atoms with Gasteiger partial charge in [0.1, 0.15) is 5.01 Å². The van der Waals surface area contributed by atoms with Gasteiger partial charge in [-0.25, -0.2) is 10.2 Å². The smallest absolute Gasteiger partial charge is 0.308 e. The second-order valence-corrected chi connectivity index (χ2v) is 7.93. The highest BCUT2D eigenvalue weighted by molar-refractivity contribution is 7.15. The quantitative estimate of drug-likeness (QED) is 0.256. The third-order valence-electron chi connectivity index (χ3n) is 3.69. The van der Waals surface area contributed by atoms with E-state index in [1.54, 1.807) is 18.2 Å². The monoisotopic (exact) mass is 493 g/mol. The van der Waals surface area contributed by atoms with Crippen molar-refractivity contribution in [2.24, 2.45) is 5.10 Å². The Morgan fingerprint density at radius 3 is 2.56 bits per heavy atom. The maximum atomic E-state index is 12.0. The fourth-order valence-electron chi connectivity index (χ4n) is 2.26. The number of anilines is 2. The van der Waals surface area contributed by atoms with Gasteiger partial charge < -0.3 is 5.32 Å². The molecule has 164 valence electrons. The summed E-state index contributed by atoms with van der Waals surface area (Å²) >= 11 is 12.8. The Kier molecular flexibility index (Phi) is 7.65. The van der Waals surface area contributed by atoms with E-state index in [1.807, 2.05) is 0 Å². The number of amides is 3. The zero-order valence-corrected chi connectivity index (χ0v) is 18.2. The maximum Gasteiger partial charge on any atom is 0.325 e. The summed E-state index contributed by atoms with van der Waals surface area (Å²) in [5.74, 6) is -0.440. The van der Waals surface area contributed by atoms with Gasteiger partial charge in [0.2, 0.25) is 11.0 Å². The molecule has 0 radical (unpaired) electrons. The Morgan fingerprint density at radius 2 is 1.88 bits per heavy atom. The molecule has 32 heavy (non-hydrogen) atoms. The number of non-ortho nitro benzene ring substituents is 1. The number of carbonyl (C=O) groups is 2. The van der Waals surface area contributed by atoms with Crippen LogP contribution in [0.4, 0.5) is 21.3 Å². The number of benzene rings is 2. The minimum Gasteiger partial charge on any atom is -0.308 e. The van der Waals surface area contributed by atoms with Gasteiger partial charge >= 0.3 is 6.03 Å².